The quantitative estimate of drug-likeness (QED) is 0.261. The molecule has 0 spiro atoms. The molecule has 2 heterocycles. The Morgan fingerprint density at radius 3 is 2.21 bits per heavy atom. The maximum absolute atomic E-state index is 12.7. The predicted octanol–water partition coefficient (Wildman–Crippen LogP) is 4.52. The zero-order valence-electron chi connectivity index (χ0n) is 24.6. The van der Waals surface area contributed by atoms with E-state index in [1.54, 1.807) is 0 Å². The highest BCUT2D eigenvalue weighted by molar-refractivity contribution is 6.66. The third-order valence-electron chi connectivity index (χ3n) is 6.75. The molecule has 2 amide bonds. The first-order chi connectivity index (χ1) is 17.5. The summed E-state index contributed by atoms with van der Waals surface area (Å²) in [6.45, 7) is 16.0. The van der Waals surface area contributed by atoms with E-state index in [4.69, 9.17) is 28.2 Å². The van der Waals surface area contributed by atoms with Gasteiger partial charge in [0, 0.05) is 32.0 Å². The molecule has 2 aliphatic heterocycles. The first-order valence-electron chi connectivity index (χ1n) is 13.7. The Kier molecular flexibility index (Phi) is 11.4. The molecule has 2 fully saturated rings. The van der Waals surface area contributed by atoms with Crippen LogP contribution < -0.4 is 0 Å². The summed E-state index contributed by atoms with van der Waals surface area (Å²) in [6, 6.07) is 0.639. The van der Waals surface area contributed by atoms with Gasteiger partial charge in [-0.3, -0.25) is 9.80 Å². The van der Waals surface area contributed by atoms with Gasteiger partial charge in [0.25, 0.3) is 0 Å². The summed E-state index contributed by atoms with van der Waals surface area (Å²) in [6.07, 6.45) is 1.50. The molecular formula is C26H50N2O9Si. The number of rotatable bonds is 12. The maximum Gasteiger partial charge on any atom is 0.411 e. The lowest BCUT2D eigenvalue weighted by Gasteiger charge is -2.46. The fourth-order valence-electron chi connectivity index (χ4n) is 5.90. The summed E-state index contributed by atoms with van der Waals surface area (Å²) in [4.78, 5) is 27.4. The van der Waals surface area contributed by atoms with Crippen LogP contribution >= 0.6 is 0 Å². The van der Waals surface area contributed by atoms with Crippen molar-refractivity contribution in [1.29, 1.82) is 0 Å². The largest absolute Gasteiger partial charge is 0.465 e. The van der Waals surface area contributed by atoms with Crippen LogP contribution in [0.15, 0.2) is 0 Å². The minimum Gasteiger partial charge on any atom is -0.465 e. The van der Waals surface area contributed by atoms with Gasteiger partial charge in [-0.2, -0.15) is 0 Å². The first kappa shape index (κ1) is 32.8. The van der Waals surface area contributed by atoms with Gasteiger partial charge in [0.05, 0.1) is 23.9 Å². The molecule has 12 heteroatoms. The van der Waals surface area contributed by atoms with Crippen LogP contribution in [-0.2, 0) is 23.1 Å². The Hall–Kier alpha value is -1.44. The van der Waals surface area contributed by atoms with Gasteiger partial charge in [-0.1, -0.05) is 0 Å². The van der Waals surface area contributed by atoms with Gasteiger partial charge >= 0.3 is 20.7 Å². The number of nitrogens with zero attached hydrogens (tertiary/aromatic N) is 2. The first-order valence-corrected chi connectivity index (χ1v) is 16.3. The van der Waals surface area contributed by atoms with Crippen LogP contribution in [0.25, 0.3) is 0 Å². The molecule has 2 saturated heterocycles. The smallest absolute Gasteiger partial charge is 0.411 e. The molecule has 38 heavy (non-hydrogen) atoms. The second-order valence-electron chi connectivity index (χ2n) is 12.3. The molecule has 0 bridgehead atoms. The monoisotopic (exact) mass is 562 g/mol. The van der Waals surface area contributed by atoms with Gasteiger partial charge < -0.3 is 33.3 Å². The standard InChI is InChI=1S/C26H50N2O9Si/c1-20-17-24(3,4)36-26(7,34-20)11-9-12-28(23(32)33-15-14-29)19-27(22(30)31)13-10-16-38(8)35-21(2)18-25(5,6)37-38/h20-21,29H,9-19H2,1-8H3,(H,30,31). The van der Waals surface area contributed by atoms with E-state index in [0.717, 1.165) is 12.8 Å². The summed E-state index contributed by atoms with van der Waals surface area (Å²) in [5.74, 6) is -0.806. The van der Waals surface area contributed by atoms with Gasteiger partial charge in [-0.05, 0) is 80.3 Å². The van der Waals surface area contributed by atoms with Crippen molar-refractivity contribution in [3.63, 3.8) is 0 Å². The van der Waals surface area contributed by atoms with Crippen molar-refractivity contribution in [2.75, 3.05) is 33.0 Å². The Balaban J connectivity index is 1.99. The van der Waals surface area contributed by atoms with Crippen LogP contribution in [0, 0.1) is 0 Å². The SMILES string of the molecule is CC1CC(C)(C)OC(C)(CCCN(CN(CCC[Si]2(C)OC(C)CC(C)(C)O2)C(=O)O)C(=O)OCCO)O1. The summed E-state index contributed by atoms with van der Waals surface area (Å²) in [7, 11) is -2.46. The summed E-state index contributed by atoms with van der Waals surface area (Å²) in [5, 5.41) is 19.0. The molecule has 2 rings (SSSR count). The van der Waals surface area contributed by atoms with Crippen molar-refractivity contribution in [3.05, 3.63) is 0 Å². The summed E-state index contributed by atoms with van der Waals surface area (Å²) in [5.41, 5.74) is -0.598. The third kappa shape index (κ3) is 10.6. The van der Waals surface area contributed by atoms with Crippen molar-refractivity contribution in [3.8, 4) is 0 Å². The molecule has 222 valence electrons. The molecule has 2 N–H and O–H groups in total. The Morgan fingerprint density at radius 2 is 1.63 bits per heavy atom. The van der Waals surface area contributed by atoms with E-state index in [1.807, 2.05) is 41.2 Å². The number of amides is 2. The lowest BCUT2D eigenvalue weighted by Crippen LogP contribution is -2.54. The van der Waals surface area contributed by atoms with E-state index in [0.29, 0.717) is 25.3 Å². The van der Waals surface area contributed by atoms with Crippen LogP contribution in [0.1, 0.15) is 80.6 Å². The van der Waals surface area contributed by atoms with Crippen molar-refractivity contribution in [2.24, 2.45) is 0 Å². The van der Waals surface area contributed by atoms with Gasteiger partial charge in [-0.25, -0.2) is 9.59 Å². The molecule has 0 aliphatic carbocycles. The Morgan fingerprint density at radius 1 is 1.00 bits per heavy atom. The fourth-order valence-corrected chi connectivity index (χ4v) is 9.15. The minimum atomic E-state index is -2.46. The number of aliphatic hydroxyl groups is 1. The van der Waals surface area contributed by atoms with E-state index in [1.165, 1.54) is 9.80 Å². The number of carboxylic acid groups (broad SMARTS) is 1. The number of ether oxygens (including phenoxy) is 3. The maximum atomic E-state index is 12.7. The van der Waals surface area contributed by atoms with E-state index in [9.17, 15) is 14.7 Å². The highest BCUT2D eigenvalue weighted by Gasteiger charge is 2.44. The van der Waals surface area contributed by atoms with Crippen LogP contribution in [0.2, 0.25) is 12.6 Å². The molecule has 0 aromatic rings. The van der Waals surface area contributed by atoms with E-state index >= 15 is 0 Å². The molecule has 4 atom stereocenters. The number of carbonyl (C=O) groups is 2. The molecule has 0 aromatic heterocycles. The van der Waals surface area contributed by atoms with Crippen LogP contribution in [-0.4, -0.2) is 103 Å². The van der Waals surface area contributed by atoms with E-state index in [-0.39, 0.29) is 56.4 Å². The molecule has 11 nitrogen and oxygen atoms in total. The Bertz CT molecular complexity index is 799. The average molecular weight is 563 g/mol. The number of carbonyl (C=O) groups excluding carboxylic acids is 1. The minimum absolute atomic E-state index is 0.0352. The van der Waals surface area contributed by atoms with Crippen LogP contribution in [0.4, 0.5) is 9.59 Å². The van der Waals surface area contributed by atoms with Crippen LogP contribution in [0.5, 0.6) is 0 Å². The predicted molar refractivity (Wildman–Crippen MR) is 144 cm³/mol. The van der Waals surface area contributed by atoms with Gasteiger partial charge in [0.1, 0.15) is 13.3 Å². The zero-order valence-corrected chi connectivity index (χ0v) is 25.6. The third-order valence-corrected chi connectivity index (χ3v) is 9.90. The molecule has 2 aliphatic rings. The highest BCUT2D eigenvalue weighted by Crippen LogP contribution is 2.37. The number of hydrogen-bond donors (Lipinski definition) is 2. The van der Waals surface area contributed by atoms with Gasteiger partial charge in [-0.15, -0.1) is 0 Å². The topological polar surface area (TPSA) is 127 Å². The molecule has 0 saturated carbocycles. The summed E-state index contributed by atoms with van der Waals surface area (Å²) < 4.78 is 29.8. The van der Waals surface area contributed by atoms with Gasteiger partial charge in [0.15, 0.2) is 5.79 Å². The van der Waals surface area contributed by atoms with Crippen molar-refractivity contribution in [1.82, 2.24) is 9.80 Å². The number of hydrogen-bond acceptors (Lipinski definition) is 8. The molecular weight excluding hydrogens is 512 g/mol. The van der Waals surface area contributed by atoms with E-state index < -0.39 is 26.5 Å². The zero-order chi connectivity index (χ0) is 28.8. The second kappa shape index (κ2) is 13.3. The normalized spacial score (nSPS) is 30.4. The van der Waals surface area contributed by atoms with Crippen molar-refractivity contribution in [2.45, 2.75) is 122 Å². The lowest BCUT2D eigenvalue weighted by molar-refractivity contribution is -0.333. The highest BCUT2D eigenvalue weighted by atomic mass is 28.4. The Labute approximate surface area is 228 Å². The number of aliphatic hydroxyl groups excluding tert-OH is 1. The molecule has 0 aromatic carbocycles. The van der Waals surface area contributed by atoms with Gasteiger partial charge in [0.2, 0.25) is 0 Å². The van der Waals surface area contributed by atoms with Crippen molar-refractivity contribution >= 4 is 20.7 Å². The second-order valence-corrected chi connectivity index (χ2v) is 15.5. The molecule has 0 radical (unpaired) electrons. The average Bonchev–Trinajstić information content (AvgIpc) is 2.71. The van der Waals surface area contributed by atoms with E-state index in [2.05, 4.69) is 13.8 Å². The molecule has 4 unspecified atom stereocenters. The summed E-state index contributed by atoms with van der Waals surface area (Å²) >= 11 is 0. The fraction of sp³-hybridized carbons (Fsp3) is 0.923. The van der Waals surface area contributed by atoms with Crippen molar-refractivity contribution < 1.29 is 42.9 Å². The lowest BCUT2D eigenvalue weighted by atomic mass is 9.97. The van der Waals surface area contributed by atoms with Crippen LogP contribution in [0.3, 0.4) is 0 Å².